The van der Waals surface area contributed by atoms with Crippen molar-refractivity contribution < 1.29 is 20.0 Å². The number of hydroxylamine groups is 2. The molecule has 0 aliphatic rings. The lowest BCUT2D eigenvalue weighted by molar-refractivity contribution is 0.0848. The number of amides is 2. The smallest absolute Gasteiger partial charge is 0.281 e. The minimum Gasteiger partial charge on any atom is -0.281 e. The average molecular weight is 525 g/mol. The van der Waals surface area contributed by atoms with Crippen LogP contribution in [0.1, 0.15) is 20.7 Å². The van der Waals surface area contributed by atoms with Crippen LogP contribution in [0.15, 0.2) is 133 Å². The first kappa shape index (κ1) is 25.0. The monoisotopic (exact) mass is 524 g/mol. The van der Waals surface area contributed by atoms with E-state index < -0.39 is 11.8 Å². The molecule has 6 aromatic rings. The van der Waals surface area contributed by atoms with E-state index in [9.17, 15) is 20.0 Å². The van der Waals surface area contributed by atoms with Gasteiger partial charge in [-0.15, -0.1) is 0 Å². The average Bonchev–Trinajstić information content (AvgIpc) is 3.03. The maximum atomic E-state index is 13.9. The summed E-state index contributed by atoms with van der Waals surface area (Å²) in [6.07, 6.45) is 0. The summed E-state index contributed by atoms with van der Waals surface area (Å²) in [4.78, 5) is 27.8. The van der Waals surface area contributed by atoms with Crippen molar-refractivity contribution in [2.45, 2.75) is 0 Å². The number of carbonyl (C=O) groups is 2. The second-order valence-corrected chi connectivity index (χ2v) is 9.32. The number of hydrogen-bond acceptors (Lipinski definition) is 4. The molecule has 0 aliphatic heterocycles. The van der Waals surface area contributed by atoms with Crippen LogP contribution in [-0.4, -0.2) is 22.2 Å². The summed E-state index contributed by atoms with van der Waals surface area (Å²) in [6, 6.07) is 39.2. The highest BCUT2D eigenvalue weighted by Gasteiger charge is 2.28. The summed E-state index contributed by atoms with van der Waals surface area (Å²) in [7, 11) is 0. The molecule has 2 N–H and O–H groups in total. The molecule has 0 unspecified atom stereocenters. The fraction of sp³-hybridized carbons (Fsp3) is 0. The third-order valence-electron chi connectivity index (χ3n) is 6.96. The van der Waals surface area contributed by atoms with Gasteiger partial charge in [0.05, 0.1) is 22.5 Å². The highest BCUT2D eigenvalue weighted by Crippen LogP contribution is 2.40. The van der Waals surface area contributed by atoms with Crippen molar-refractivity contribution in [3.63, 3.8) is 0 Å². The van der Waals surface area contributed by atoms with Crippen LogP contribution in [0.2, 0.25) is 0 Å². The molecule has 0 atom stereocenters. The third kappa shape index (κ3) is 4.37. The van der Waals surface area contributed by atoms with Crippen LogP contribution in [0.5, 0.6) is 0 Å². The fourth-order valence-electron chi connectivity index (χ4n) is 5.04. The Morgan fingerprint density at radius 3 is 1.18 bits per heavy atom. The second kappa shape index (κ2) is 10.5. The number of para-hydroxylation sites is 2. The Morgan fingerprint density at radius 1 is 0.425 bits per heavy atom. The van der Waals surface area contributed by atoms with Gasteiger partial charge in [-0.3, -0.25) is 20.0 Å². The first-order valence-corrected chi connectivity index (χ1v) is 12.8. The summed E-state index contributed by atoms with van der Waals surface area (Å²) in [5.74, 6) is -1.30. The molecule has 0 saturated carbocycles. The Hall–Kier alpha value is -5.30. The van der Waals surface area contributed by atoms with E-state index in [1.807, 2.05) is 60.7 Å². The molecule has 0 fully saturated rings. The van der Waals surface area contributed by atoms with E-state index >= 15 is 0 Å². The van der Waals surface area contributed by atoms with Crippen molar-refractivity contribution in [2.75, 3.05) is 10.1 Å². The van der Waals surface area contributed by atoms with Gasteiger partial charge in [-0.2, -0.15) is 10.1 Å². The lowest BCUT2D eigenvalue weighted by Gasteiger charge is -2.22. The lowest BCUT2D eigenvalue weighted by Crippen LogP contribution is -2.29. The zero-order valence-electron chi connectivity index (χ0n) is 21.3. The lowest BCUT2D eigenvalue weighted by atomic mass is 9.86. The molecular formula is C34H24N2O4. The molecule has 0 aromatic heterocycles. The van der Waals surface area contributed by atoms with Gasteiger partial charge in [0, 0.05) is 11.1 Å². The maximum Gasteiger partial charge on any atom is 0.282 e. The normalized spacial score (nSPS) is 10.9. The number of fused-ring (bicyclic) bond motifs is 2. The maximum absolute atomic E-state index is 13.9. The second-order valence-electron chi connectivity index (χ2n) is 9.32. The van der Waals surface area contributed by atoms with E-state index in [-0.39, 0.29) is 11.1 Å². The number of carbonyl (C=O) groups excluding carboxylic acids is 2. The number of rotatable bonds is 5. The number of anilines is 2. The van der Waals surface area contributed by atoms with Gasteiger partial charge in [0.2, 0.25) is 0 Å². The highest BCUT2D eigenvalue weighted by atomic mass is 16.5. The quantitative estimate of drug-likeness (QED) is 0.179. The van der Waals surface area contributed by atoms with Crippen molar-refractivity contribution >= 4 is 44.7 Å². The standard InChI is InChI=1S/C34H24N2O4/c37-33(35(39)25-13-3-1-4-14-25)29-21-19-23-11-7-9-17-27(23)31(29)32-28-18-10-8-12-24(28)20-22-30(32)34(38)36(40)26-15-5-2-6-16-26/h1-22,39-40H. The van der Waals surface area contributed by atoms with Crippen LogP contribution >= 0.6 is 0 Å². The molecule has 6 nitrogen and oxygen atoms in total. The molecule has 0 bridgehead atoms. The molecule has 0 aliphatic carbocycles. The van der Waals surface area contributed by atoms with E-state index in [0.29, 0.717) is 32.6 Å². The first-order chi connectivity index (χ1) is 19.5. The van der Waals surface area contributed by atoms with Crippen molar-refractivity contribution in [1.29, 1.82) is 0 Å². The van der Waals surface area contributed by atoms with E-state index in [2.05, 4.69) is 0 Å². The molecule has 0 radical (unpaired) electrons. The molecule has 6 heteroatoms. The van der Waals surface area contributed by atoms with Crippen LogP contribution in [0, 0.1) is 0 Å². The van der Waals surface area contributed by atoms with Crippen molar-refractivity contribution in [1.82, 2.24) is 0 Å². The van der Waals surface area contributed by atoms with Crippen LogP contribution in [0.25, 0.3) is 32.7 Å². The van der Waals surface area contributed by atoms with Crippen LogP contribution in [0.3, 0.4) is 0 Å². The van der Waals surface area contributed by atoms with Gasteiger partial charge in [-0.1, -0.05) is 97.1 Å². The molecule has 0 heterocycles. The molecule has 6 aromatic carbocycles. The zero-order valence-corrected chi connectivity index (χ0v) is 21.3. The van der Waals surface area contributed by atoms with E-state index in [1.165, 1.54) is 0 Å². The van der Waals surface area contributed by atoms with Gasteiger partial charge in [0.15, 0.2) is 0 Å². The summed E-state index contributed by atoms with van der Waals surface area (Å²) >= 11 is 0. The summed E-state index contributed by atoms with van der Waals surface area (Å²) in [5, 5.41) is 26.4. The van der Waals surface area contributed by atoms with Crippen LogP contribution in [-0.2, 0) is 0 Å². The topological polar surface area (TPSA) is 81.1 Å². The van der Waals surface area contributed by atoms with Crippen molar-refractivity contribution in [3.05, 3.63) is 145 Å². The van der Waals surface area contributed by atoms with E-state index in [4.69, 9.17) is 0 Å². The minimum atomic E-state index is -0.651. The van der Waals surface area contributed by atoms with Crippen molar-refractivity contribution in [3.8, 4) is 11.1 Å². The van der Waals surface area contributed by atoms with Crippen molar-refractivity contribution in [2.24, 2.45) is 0 Å². The summed E-state index contributed by atoms with van der Waals surface area (Å²) in [5.41, 5.74) is 2.01. The Kier molecular flexibility index (Phi) is 6.54. The molecule has 2 amide bonds. The Labute approximate surface area is 230 Å². The van der Waals surface area contributed by atoms with Gasteiger partial charge in [0.25, 0.3) is 11.8 Å². The predicted octanol–water partition coefficient (Wildman–Crippen LogP) is 7.73. The molecular weight excluding hydrogens is 500 g/mol. The van der Waals surface area contributed by atoms with Gasteiger partial charge < -0.3 is 0 Å². The Balaban J connectivity index is 1.65. The van der Waals surface area contributed by atoms with E-state index in [1.54, 1.807) is 72.8 Å². The molecule has 0 spiro atoms. The largest absolute Gasteiger partial charge is 0.282 e. The molecule has 6 rings (SSSR count). The van der Waals surface area contributed by atoms with Gasteiger partial charge >= 0.3 is 0 Å². The van der Waals surface area contributed by atoms with Crippen LogP contribution < -0.4 is 10.1 Å². The molecule has 194 valence electrons. The fourth-order valence-corrected chi connectivity index (χ4v) is 5.04. The first-order valence-electron chi connectivity index (χ1n) is 12.8. The zero-order chi connectivity index (χ0) is 27.6. The summed E-state index contributed by atoms with van der Waals surface area (Å²) in [6.45, 7) is 0. The Bertz CT molecular complexity index is 1730. The number of nitrogens with zero attached hydrogens (tertiary/aromatic N) is 2. The highest BCUT2D eigenvalue weighted by molar-refractivity contribution is 6.22. The SMILES string of the molecule is O=C(c1ccc2ccccc2c1-c1c(C(=O)N(O)c2ccccc2)ccc2ccccc12)N(O)c1ccccc1. The number of benzene rings is 6. The predicted molar refractivity (Wildman–Crippen MR) is 157 cm³/mol. The molecule has 0 saturated heterocycles. The van der Waals surface area contributed by atoms with Gasteiger partial charge in [-0.05, 0) is 57.9 Å². The van der Waals surface area contributed by atoms with Crippen LogP contribution in [0.4, 0.5) is 11.4 Å². The van der Waals surface area contributed by atoms with Gasteiger partial charge in [0.1, 0.15) is 0 Å². The third-order valence-corrected chi connectivity index (χ3v) is 6.96. The molecule has 40 heavy (non-hydrogen) atoms. The van der Waals surface area contributed by atoms with Gasteiger partial charge in [-0.25, -0.2) is 0 Å². The minimum absolute atomic E-state index is 0.208. The Morgan fingerprint density at radius 2 is 0.775 bits per heavy atom. The summed E-state index contributed by atoms with van der Waals surface area (Å²) < 4.78 is 0. The number of hydrogen-bond donors (Lipinski definition) is 2. The van der Waals surface area contributed by atoms with E-state index in [0.717, 1.165) is 21.5 Å².